The average Bonchev–Trinajstić information content (AvgIpc) is 3.06. The van der Waals surface area contributed by atoms with Crippen LogP contribution in [0.2, 0.25) is 10.0 Å². The van der Waals surface area contributed by atoms with Crippen LogP contribution < -0.4 is 0 Å². The van der Waals surface area contributed by atoms with Gasteiger partial charge < -0.3 is 4.42 Å². The zero-order valence-electron chi connectivity index (χ0n) is 13.3. The summed E-state index contributed by atoms with van der Waals surface area (Å²) in [5, 5.41) is 1.31. The van der Waals surface area contributed by atoms with Gasteiger partial charge in [-0.25, -0.2) is 4.98 Å². The number of fused-ring (bicyclic) bond motifs is 1. The van der Waals surface area contributed by atoms with Crippen molar-refractivity contribution in [3.05, 3.63) is 79.8 Å². The summed E-state index contributed by atoms with van der Waals surface area (Å²) in [4.78, 5) is 9.06. The van der Waals surface area contributed by atoms with Crippen molar-refractivity contribution in [2.45, 2.75) is 0 Å². The van der Waals surface area contributed by atoms with E-state index in [0.717, 1.165) is 25.9 Å². The Balaban J connectivity index is 1.67. The van der Waals surface area contributed by atoms with E-state index in [2.05, 4.69) is 32.6 Å². The second-order valence-corrected chi connectivity index (χ2v) is 7.69. The number of halogens is 3. The molecule has 1 aromatic heterocycles. The lowest BCUT2D eigenvalue weighted by atomic mass is 10.2. The summed E-state index contributed by atoms with van der Waals surface area (Å²) in [6.45, 7) is 0. The number of hydrogen-bond donors (Lipinski definition) is 0. The molecule has 0 unspecified atom stereocenters. The number of aromatic nitrogens is 1. The second-order valence-electron chi connectivity index (χ2n) is 5.60. The third kappa shape index (κ3) is 3.77. The Kier molecular flexibility index (Phi) is 4.98. The molecule has 0 saturated heterocycles. The molecule has 0 N–H and O–H groups in total. The maximum Gasteiger partial charge on any atom is 0.228 e. The second kappa shape index (κ2) is 7.39. The predicted octanol–water partition coefficient (Wildman–Crippen LogP) is 7.16. The molecule has 4 rings (SSSR count). The van der Waals surface area contributed by atoms with Gasteiger partial charge in [0.15, 0.2) is 5.58 Å². The van der Waals surface area contributed by atoms with Crippen LogP contribution >= 0.6 is 45.8 Å². The Hall–Kier alpha value is -1.89. The predicted molar refractivity (Wildman–Crippen MR) is 116 cm³/mol. The van der Waals surface area contributed by atoms with Crippen LogP contribution in [0.15, 0.2) is 70.1 Å². The van der Waals surface area contributed by atoms with Gasteiger partial charge >= 0.3 is 0 Å². The minimum Gasteiger partial charge on any atom is -0.436 e. The molecule has 0 aliphatic heterocycles. The van der Waals surface area contributed by atoms with Gasteiger partial charge in [-0.15, -0.1) is 0 Å². The number of hydrogen-bond acceptors (Lipinski definition) is 3. The Morgan fingerprint density at radius 2 is 1.77 bits per heavy atom. The molecule has 0 spiro atoms. The molecule has 128 valence electrons. The molecule has 0 saturated carbocycles. The summed E-state index contributed by atoms with van der Waals surface area (Å²) in [6, 6.07) is 18.9. The van der Waals surface area contributed by atoms with Crippen LogP contribution in [0, 0.1) is 3.57 Å². The van der Waals surface area contributed by atoms with Gasteiger partial charge in [-0.3, -0.25) is 4.99 Å². The third-order valence-electron chi connectivity index (χ3n) is 3.76. The molecule has 3 aromatic carbocycles. The summed E-state index contributed by atoms with van der Waals surface area (Å²) >= 11 is 14.4. The molecule has 0 radical (unpaired) electrons. The Morgan fingerprint density at radius 3 is 2.58 bits per heavy atom. The maximum atomic E-state index is 6.28. The van der Waals surface area contributed by atoms with Crippen LogP contribution in [0.25, 0.3) is 22.6 Å². The third-order valence-corrected chi connectivity index (χ3v) is 5.02. The van der Waals surface area contributed by atoms with Gasteiger partial charge in [-0.1, -0.05) is 35.3 Å². The molecule has 6 heteroatoms. The first-order valence-corrected chi connectivity index (χ1v) is 9.58. The van der Waals surface area contributed by atoms with E-state index in [1.165, 1.54) is 0 Å². The number of nitrogens with zero attached hydrogens (tertiary/aromatic N) is 2. The number of benzene rings is 3. The van der Waals surface area contributed by atoms with E-state index in [0.29, 0.717) is 21.5 Å². The lowest BCUT2D eigenvalue weighted by Crippen LogP contribution is -1.81. The van der Waals surface area contributed by atoms with Gasteiger partial charge in [0.25, 0.3) is 0 Å². The summed E-state index contributed by atoms with van der Waals surface area (Å²) < 4.78 is 6.92. The summed E-state index contributed by atoms with van der Waals surface area (Å²) in [6.07, 6.45) is 1.79. The zero-order chi connectivity index (χ0) is 18.1. The highest BCUT2D eigenvalue weighted by Gasteiger charge is 2.12. The molecule has 26 heavy (non-hydrogen) atoms. The van der Waals surface area contributed by atoms with Crippen LogP contribution in [0.1, 0.15) is 5.56 Å². The van der Waals surface area contributed by atoms with Gasteiger partial charge in [0.1, 0.15) is 5.52 Å². The molecule has 0 aliphatic carbocycles. The van der Waals surface area contributed by atoms with Gasteiger partial charge in [0.2, 0.25) is 5.89 Å². The minimum absolute atomic E-state index is 0.502. The van der Waals surface area contributed by atoms with Crippen LogP contribution in [-0.2, 0) is 0 Å². The first-order chi connectivity index (χ1) is 12.6. The minimum atomic E-state index is 0.502. The van der Waals surface area contributed by atoms with E-state index in [1.54, 1.807) is 6.21 Å². The van der Waals surface area contributed by atoms with E-state index in [4.69, 9.17) is 27.6 Å². The summed E-state index contributed by atoms with van der Waals surface area (Å²) in [5.74, 6) is 0.502. The van der Waals surface area contributed by atoms with Gasteiger partial charge in [0.05, 0.1) is 16.3 Å². The van der Waals surface area contributed by atoms with Crippen molar-refractivity contribution < 1.29 is 4.42 Å². The van der Waals surface area contributed by atoms with Crippen LogP contribution in [0.5, 0.6) is 0 Å². The first kappa shape index (κ1) is 17.5. The molecular formula is C20H11Cl2IN2O. The molecule has 0 atom stereocenters. The van der Waals surface area contributed by atoms with Crippen molar-refractivity contribution in [3.8, 4) is 11.5 Å². The fourth-order valence-electron chi connectivity index (χ4n) is 2.47. The monoisotopic (exact) mass is 492 g/mol. The zero-order valence-corrected chi connectivity index (χ0v) is 17.0. The molecule has 0 aliphatic rings. The maximum absolute atomic E-state index is 6.28. The normalized spacial score (nSPS) is 11.5. The van der Waals surface area contributed by atoms with Gasteiger partial charge in [-0.05, 0) is 76.7 Å². The Bertz CT molecular complexity index is 1120. The quantitative estimate of drug-likeness (QED) is 0.225. The fourth-order valence-corrected chi connectivity index (χ4v) is 3.29. The van der Waals surface area contributed by atoms with Crippen molar-refractivity contribution in [3.63, 3.8) is 0 Å². The number of rotatable bonds is 3. The number of oxazole rings is 1. The SMILES string of the molecule is Clc1ccc(C=Nc2ccc3oc(-c4cc(I)ccc4Cl)nc3c2)cc1. The summed E-state index contributed by atoms with van der Waals surface area (Å²) in [7, 11) is 0. The van der Waals surface area contributed by atoms with Crippen molar-refractivity contribution >= 4 is 68.8 Å². The van der Waals surface area contributed by atoms with Crippen LogP contribution in [0.4, 0.5) is 5.69 Å². The summed E-state index contributed by atoms with van der Waals surface area (Å²) in [5.41, 5.74) is 3.98. The first-order valence-electron chi connectivity index (χ1n) is 7.74. The highest BCUT2D eigenvalue weighted by Crippen LogP contribution is 2.32. The van der Waals surface area contributed by atoms with E-state index in [1.807, 2.05) is 60.7 Å². The van der Waals surface area contributed by atoms with E-state index in [-0.39, 0.29) is 0 Å². The smallest absolute Gasteiger partial charge is 0.228 e. The highest BCUT2D eigenvalue weighted by atomic mass is 127. The Labute approximate surface area is 173 Å². The highest BCUT2D eigenvalue weighted by molar-refractivity contribution is 14.1. The standard InChI is InChI=1S/C20H11Cl2IN2O/c21-13-3-1-12(2-4-13)11-24-15-6-8-19-18(10-15)25-20(26-19)16-9-14(23)5-7-17(16)22/h1-11H. The van der Waals surface area contributed by atoms with E-state index < -0.39 is 0 Å². The van der Waals surface area contributed by atoms with Gasteiger partial charge in [-0.2, -0.15) is 0 Å². The van der Waals surface area contributed by atoms with Crippen molar-refractivity contribution in [1.29, 1.82) is 0 Å². The van der Waals surface area contributed by atoms with Crippen molar-refractivity contribution in [2.75, 3.05) is 0 Å². The van der Waals surface area contributed by atoms with Crippen molar-refractivity contribution in [2.24, 2.45) is 4.99 Å². The number of aliphatic imine (C=N–C) groups is 1. The molecular weight excluding hydrogens is 482 g/mol. The molecule has 0 bridgehead atoms. The molecule has 1 heterocycles. The van der Waals surface area contributed by atoms with Crippen molar-refractivity contribution in [1.82, 2.24) is 4.98 Å². The van der Waals surface area contributed by atoms with E-state index >= 15 is 0 Å². The van der Waals surface area contributed by atoms with E-state index in [9.17, 15) is 0 Å². The topological polar surface area (TPSA) is 38.4 Å². The lowest BCUT2D eigenvalue weighted by molar-refractivity contribution is 0.620. The molecule has 3 nitrogen and oxygen atoms in total. The van der Waals surface area contributed by atoms with Crippen LogP contribution in [-0.4, -0.2) is 11.2 Å². The molecule has 0 fully saturated rings. The van der Waals surface area contributed by atoms with Crippen LogP contribution in [0.3, 0.4) is 0 Å². The average molecular weight is 493 g/mol. The largest absolute Gasteiger partial charge is 0.436 e. The lowest BCUT2D eigenvalue weighted by Gasteiger charge is -1.99. The molecule has 0 amide bonds. The Morgan fingerprint density at radius 1 is 0.962 bits per heavy atom. The fraction of sp³-hybridized carbons (Fsp3) is 0. The molecule has 4 aromatic rings. The van der Waals surface area contributed by atoms with Gasteiger partial charge in [0, 0.05) is 14.8 Å².